The Hall–Kier alpha value is -2.40. The second kappa shape index (κ2) is 8.12. The Morgan fingerprint density at radius 1 is 0.667 bits per heavy atom. The van der Waals surface area contributed by atoms with Gasteiger partial charge in [-0.15, -0.1) is 0 Å². The fourth-order valence-electron chi connectivity index (χ4n) is 5.04. The first-order chi connectivity index (χ1) is 15.7. The summed E-state index contributed by atoms with van der Waals surface area (Å²) in [7, 11) is -1.52. The summed E-state index contributed by atoms with van der Waals surface area (Å²) in [6.45, 7) is 13.4. The van der Waals surface area contributed by atoms with E-state index in [9.17, 15) is 0 Å². The topological polar surface area (TPSA) is 18.5 Å². The molecule has 0 unspecified atom stereocenters. The van der Waals surface area contributed by atoms with Gasteiger partial charge in [-0.2, -0.15) is 0 Å². The fraction of sp³-hybridized carbons (Fsp3) is 0.310. The van der Waals surface area contributed by atoms with E-state index in [4.69, 9.17) is 9.31 Å². The summed E-state index contributed by atoms with van der Waals surface area (Å²) in [5, 5.41) is 5.09. The van der Waals surface area contributed by atoms with Crippen molar-refractivity contribution >= 4 is 42.9 Å². The van der Waals surface area contributed by atoms with Crippen LogP contribution in [0.5, 0.6) is 0 Å². The molecule has 4 heteroatoms. The summed E-state index contributed by atoms with van der Waals surface area (Å²) in [6, 6.07) is 28.9. The van der Waals surface area contributed by atoms with Crippen LogP contribution in [-0.4, -0.2) is 27.1 Å². The highest BCUT2D eigenvalue weighted by molar-refractivity contribution is 6.65. The molecule has 1 heterocycles. The summed E-state index contributed by atoms with van der Waals surface area (Å²) in [5.41, 5.74) is 3.55. The van der Waals surface area contributed by atoms with Crippen molar-refractivity contribution in [1.29, 1.82) is 0 Å². The highest BCUT2D eigenvalue weighted by atomic mass is 28.3. The molecule has 1 atom stereocenters. The van der Waals surface area contributed by atoms with Crippen LogP contribution in [0.25, 0.3) is 21.5 Å². The predicted octanol–water partition coefficient (Wildman–Crippen LogP) is 6.45. The Morgan fingerprint density at radius 2 is 1.18 bits per heavy atom. The molecule has 1 aliphatic heterocycles. The summed E-state index contributed by atoms with van der Waals surface area (Å²) < 4.78 is 13.1. The third-order valence-corrected chi connectivity index (χ3v) is 9.67. The normalized spacial score (nSPS) is 18.3. The Balaban J connectivity index is 1.71. The molecule has 0 aliphatic carbocycles. The monoisotopic (exact) mass is 452 g/mol. The maximum absolute atomic E-state index is 6.57. The van der Waals surface area contributed by atoms with Crippen LogP contribution in [0.15, 0.2) is 78.9 Å². The molecule has 0 amide bonds. The van der Waals surface area contributed by atoms with Crippen molar-refractivity contribution < 1.29 is 9.31 Å². The average Bonchev–Trinajstić information content (AvgIpc) is 3.00. The van der Waals surface area contributed by atoms with Crippen molar-refractivity contribution in [2.75, 3.05) is 0 Å². The Bertz CT molecular complexity index is 1310. The number of hydrogen-bond donors (Lipinski definition) is 0. The number of benzene rings is 4. The molecule has 168 valence electrons. The van der Waals surface area contributed by atoms with Gasteiger partial charge < -0.3 is 9.31 Å². The van der Waals surface area contributed by atoms with Crippen LogP contribution in [0, 0.1) is 0 Å². The minimum absolute atomic E-state index is 0.367. The summed E-state index contributed by atoms with van der Waals surface area (Å²) >= 11 is 0. The molecule has 0 saturated carbocycles. The van der Waals surface area contributed by atoms with Crippen LogP contribution in [-0.2, 0) is 9.31 Å². The van der Waals surface area contributed by atoms with Crippen molar-refractivity contribution in [3.05, 3.63) is 90.0 Å². The van der Waals surface area contributed by atoms with E-state index in [-0.39, 0.29) is 18.3 Å². The van der Waals surface area contributed by atoms with Crippen LogP contribution in [0.2, 0.25) is 13.1 Å². The number of fused-ring (bicyclic) bond motifs is 2. The Morgan fingerprint density at radius 3 is 1.76 bits per heavy atom. The van der Waals surface area contributed by atoms with Gasteiger partial charge in [0.2, 0.25) is 0 Å². The zero-order valence-corrected chi connectivity index (χ0v) is 21.7. The van der Waals surface area contributed by atoms with Gasteiger partial charge >= 0.3 is 7.12 Å². The van der Waals surface area contributed by atoms with Crippen molar-refractivity contribution in [1.82, 2.24) is 0 Å². The van der Waals surface area contributed by atoms with Crippen molar-refractivity contribution in [3.8, 4) is 0 Å². The molecule has 0 aromatic heterocycles. The number of rotatable bonds is 4. The summed E-state index contributed by atoms with van der Waals surface area (Å²) in [6.07, 6.45) is 0. The molecule has 33 heavy (non-hydrogen) atoms. The maximum Gasteiger partial charge on any atom is 0.495 e. The van der Waals surface area contributed by atoms with Crippen LogP contribution in [0.1, 0.15) is 44.4 Å². The third-order valence-electron chi connectivity index (χ3n) is 7.59. The van der Waals surface area contributed by atoms with E-state index in [1.165, 1.54) is 38.1 Å². The quantitative estimate of drug-likeness (QED) is 0.331. The van der Waals surface area contributed by atoms with Crippen molar-refractivity contribution in [2.24, 2.45) is 0 Å². The highest BCUT2D eigenvalue weighted by Crippen LogP contribution is 2.38. The lowest BCUT2D eigenvalue weighted by Gasteiger charge is -2.32. The molecule has 0 spiro atoms. The molecular weight excluding hydrogens is 419 g/mol. The lowest BCUT2D eigenvalue weighted by Crippen LogP contribution is -2.41. The molecule has 0 bridgehead atoms. The third kappa shape index (κ3) is 3.95. The average molecular weight is 452 g/mol. The van der Waals surface area contributed by atoms with Gasteiger partial charge in [0, 0.05) is 8.80 Å². The molecule has 5 rings (SSSR count). The minimum atomic E-state index is -1.15. The lowest BCUT2D eigenvalue weighted by molar-refractivity contribution is 0.00578. The van der Waals surface area contributed by atoms with Crippen LogP contribution in [0.4, 0.5) is 0 Å². The Kier molecular flexibility index (Phi) is 5.51. The van der Waals surface area contributed by atoms with Crippen molar-refractivity contribution in [3.63, 3.8) is 0 Å². The van der Waals surface area contributed by atoms with E-state index >= 15 is 0 Å². The van der Waals surface area contributed by atoms with Crippen LogP contribution < -0.4 is 5.46 Å². The molecule has 1 fully saturated rings. The van der Waals surface area contributed by atoms with E-state index in [0.717, 1.165) is 0 Å². The summed E-state index contributed by atoms with van der Waals surface area (Å²) in [4.78, 5) is 0. The molecule has 1 saturated heterocycles. The van der Waals surface area contributed by atoms with Gasteiger partial charge in [0.1, 0.15) is 0 Å². The van der Waals surface area contributed by atoms with Crippen LogP contribution in [0.3, 0.4) is 0 Å². The van der Waals surface area contributed by atoms with Crippen LogP contribution >= 0.6 is 0 Å². The standard InChI is InChI=1S/C29H33BO2Si/c1-28(2)29(3,4)32-30(31-28)26-19-23-14-10-9-13-22(23)18-25(26)27(33(5)6)24-16-15-20-11-7-8-12-21(20)17-24/h7-19,27,33H,1-6H3/t27-/m1/s1. The Labute approximate surface area is 199 Å². The smallest absolute Gasteiger partial charge is 0.399 e. The first-order valence-corrected chi connectivity index (χ1v) is 15.0. The first kappa shape index (κ1) is 22.4. The van der Waals surface area contributed by atoms with Gasteiger partial charge in [-0.25, -0.2) is 0 Å². The lowest BCUT2D eigenvalue weighted by atomic mass is 9.73. The fourth-order valence-corrected chi connectivity index (χ4v) is 7.03. The van der Waals surface area contributed by atoms with Gasteiger partial charge in [0.15, 0.2) is 0 Å². The molecule has 1 aliphatic rings. The molecule has 4 aromatic rings. The first-order valence-electron chi connectivity index (χ1n) is 12.0. The molecule has 0 N–H and O–H groups in total. The van der Waals surface area contributed by atoms with Gasteiger partial charge in [-0.05, 0) is 71.4 Å². The SMILES string of the molecule is C[SiH](C)[C@H](c1ccc2ccccc2c1)c1cc2ccccc2cc1B1OC(C)(C)C(C)(C)O1. The van der Waals surface area contributed by atoms with Crippen molar-refractivity contribution in [2.45, 2.75) is 57.5 Å². The van der Waals surface area contributed by atoms with E-state index in [1.54, 1.807) is 0 Å². The van der Waals surface area contributed by atoms with Gasteiger partial charge in [-0.1, -0.05) is 92.0 Å². The van der Waals surface area contributed by atoms with Gasteiger partial charge in [0.25, 0.3) is 0 Å². The zero-order chi connectivity index (χ0) is 23.4. The molecule has 2 nitrogen and oxygen atoms in total. The van der Waals surface area contributed by atoms with Gasteiger partial charge in [0.05, 0.1) is 11.2 Å². The van der Waals surface area contributed by atoms with E-state index in [0.29, 0.717) is 5.54 Å². The predicted molar refractivity (Wildman–Crippen MR) is 144 cm³/mol. The number of hydrogen-bond acceptors (Lipinski definition) is 2. The van der Waals surface area contributed by atoms with Gasteiger partial charge in [-0.3, -0.25) is 0 Å². The molecule has 0 radical (unpaired) electrons. The molecular formula is C29H33BO2Si. The minimum Gasteiger partial charge on any atom is -0.399 e. The largest absolute Gasteiger partial charge is 0.495 e. The second-order valence-electron chi connectivity index (χ2n) is 10.7. The maximum atomic E-state index is 6.57. The van der Waals surface area contributed by atoms with E-state index < -0.39 is 8.80 Å². The molecule has 4 aromatic carbocycles. The van der Waals surface area contributed by atoms with E-state index in [2.05, 4.69) is 120 Å². The second-order valence-corrected chi connectivity index (χ2v) is 13.9. The van der Waals surface area contributed by atoms with E-state index in [1.807, 2.05) is 0 Å². The zero-order valence-electron chi connectivity index (χ0n) is 20.6. The highest BCUT2D eigenvalue weighted by Gasteiger charge is 2.52. The summed E-state index contributed by atoms with van der Waals surface area (Å²) in [5.74, 6) is 0.